The van der Waals surface area contributed by atoms with Crippen molar-refractivity contribution in [2.75, 3.05) is 18.0 Å². The van der Waals surface area contributed by atoms with Gasteiger partial charge in [-0.3, -0.25) is 9.78 Å². The molecule has 33 heavy (non-hydrogen) atoms. The Labute approximate surface area is 187 Å². The van der Waals surface area contributed by atoms with Gasteiger partial charge in [0.05, 0.1) is 28.9 Å². The lowest BCUT2D eigenvalue weighted by molar-refractivity contribution is 0.0888. The molecule has 5 rings (SSSR count). The molecule has 7 nitrogen and oxygen atoms in total. The van der Waals surface area contributed by atoms with Crippen LogP contribution in [0.2, 0.25) is 0 Å². The largest absolute Gasteiger partial charge is 0.389 e. The van der Waals surface area contributed by atoms with Crippen molar-refractivity contribution in [2.24, 2.45) is 0 Å². The molecule has 1 aliphatic rings. The zero-order chi connectivity index (χ0) is 22.9. The first kappa shape index (κ1) is 20.9. The van der Waals surface area contributed by atoms with Crippen LogP contribution in [0, 0.1) is 11.6 Å². The van der Waals surface area contributed by atoms with Crippen molar-refractivity contribution in [1.82, 2.24) is 20.3 Å². The van der Waals surface area contributed by atoms with Crippen LogP contribution in [0.15, 0.2) is 67.0 Å². The third-order valence-corrected chi connectivity index (χ3v) is 5.57. The molecule has 1 saturated heterocycles. The van der Waals surface area contributed by atoms with Crippen LogP contribution < -0.4 is 10.2 Å². The van der Waals surface area contributed by atoms with Gasteiger partial charge in [-0.05, 0) is 36.4 Å². The first-order valence-electron chi connectivity index (χ1n) is 10.3. The highest BCUT2D eigenvalue weighted by atomic mass is 19.1. The van der Waals surface area contributed by atoms with Crippen molar-refractivity contribution >= 4 is 22.8 Å². The number of hydrogen-bond acceptors (Lipinski definition) is 6. The fraction of sp³-hybridized carbons (Fsp3) is 0.167. The van der Waals surface area contributed by atoms with Crippen molar-refractivity contribution in [3.05, 3.63) is 84.2 Å². The molecule has 0 saturated carbocycles. The molecular weight excluding hydrogens is 428 g/mol. The Bertz CT molecular complexity index is 1330. The summed E-state index contributed by atoms with van der Waals surface area (Å²) >= 11 is 0. The van der Waals surface area contributed by atoms with Crippen molar-refractivity contribution in [3.8, 4) is 11.3 Å². The van der Waals surface area contributed by atoms with Crippen molar-refractivity contribution in [2.45, 2.75) is 12.1 Å². The van der Waals surface area contributed by atoms with Gasteiger partial charge in [0.1, 0.15) is 11.6 Å². The Balaban J connectivity index is 1.27. The van der Waals surface area contributed by atoms with E-state index in [9.17, 15) is 18.7 Å². The monoisotopic (exact) mass is 447 g/mol. The fourth-order valence-corrected chi connectivity index (χ4v) is 3.83. The first-order chi connectivity index (χ1) is 16.0. The SMILES string of the molecule is O=C(N[C@@H]1CN(c2ncc3ccc(F)cc3n2)C[C@H]1O)c1ccc(-c2cccc(F)c2)nc1. The summed E-state index contributed by atoms with van der Waals surface area (Å²) in [5.41, 5.74) is 1.94. The van der Waals surface area contributed by atoms with E-state index in [1.54, 1.807) is 41.4 Å². The summed E-state index contributed by atoms with van der Waals surface area (Å²) in [6, 6.07) is 13.0. The van der Waals surface area contributed by atoms with Crippen LogP contribution in [0.3, 0.4) is 0 Å². The molecule has 1 amide bonds. The maximum absolute atomic E-state index is 13.5. The predicted molar refractivity (Wildman–Crippen MR) is 119 cm³/mol. The second-order valence-corrected chi connectivity index (χ2v) is 7.87. The van der Waals surface area contributed by atoms with Gasteiger partial charge in [0.15, 0.2) is 0 Å². The van der Waals surface area contributed by atoms with E-state index in [-0.39, 0.29) is 18.3 Å². The van der Waals surface area contributed by atoms with Gasteiger partial charge in [0, 0.05) is 42.5 Å². The lowest BCUT2D eigenvalue weighted by Crippen LogP contribution is -2.42. The number of anilines is 1. The van der Waals surface area contributed by atoms with Gasteiger partial charge in [0.2, 0.25) is 5.95 Å². The van der Waals surface area contributed by atoms with Crippen LogP contribution in [0.5, 0.6) is 0 Å². The third-order valence-electron chi connectivity index (χ3n) is 5.57. The number of rotatable bonds is 4. The van der Waals surface area contributed by atoms with E-state index in [0.717, 1.165) is 0 Å². The number of hydrogen-bond donors (Lipinski definition) is 2. The number of carbonyl (C=O) groups is 1. The van der Waals surface area contributed by atoms with Crippen molar-refractivity contribution < 1.29 is 18.7 Å². The predicted octanol–water partition coefficient (Wildman–Crippen LogP) is 2.95. The van der Waals surface area contributed by atoms with Crippen molar-refractivity contribution in [3.63, 3.8) is 0 Å². The minimum absolute atomic E-state index is 0.225. The smallest absolute Gasteiger partial charge is 0.253 e. The molecule has 0 spiro atoms. The Hall–Kier alpha value is -3.98. The van der Waals surface area contributed by atoms with Crippen LogP contribution >= 0.6 is 0 Å². The van der Waals surface area contributed by atoms with Crippen molar-refractivity contribution in [1.29, 1.82) is 0 Å². The van der Waals surface area contributed by atoms with Crippen LogP contribution in [0.4, 0.5) is 14.7 Å². The molecule has 4 aromatic rings. The molecule has 0 bridgehead atoms. The average Bonchev–Trinajstić information content (AvgIpc) is 3.18. The standard InChI is InChI=1S/C24H19F2N5O2/c25-17-3-1-2-14(8-17)19-7-5-16(11-27-19)23(33)29-21-12-31(13-22(21)32)24-28-10-15-4-6-18(26)9-20(15)30-24/h1-11,21-22,32H,12-13H2,(H,29,33)/t21-,22-/m1/s1. The summed E-state index contributed by atoms with van der Waals surface area (Å²) in [5, 5.41) is 14.0. The number of nitrogens with zero attached hydrogens (tertiary/aromatic N) is 4. The van der Waals surface area contributed by atoms with Gasteiger partial charge in [-0.25, -0.2) is 18.7 Å². The highest BCUT2D eigenvalue weighted by molar-refractivity contribution is 5.94. The maximum atomic E-state index is 13.5. The minimum Gasteiger partial charge on any atom is -0.389 e. The third kappa shape index (κ3) is 4.35. The number of nitrogens with one attached hydrogen (secondary N) is 1. The van der Waals surface area contributed by atoms with E-state index >= 15 is 0 Å². The molecule has 0 aliphatic carbocycles. The number of benzene rings is 2. The molecule has 2 N–H and O–H groups in total. The molecule has 1 aliphatic heterocycles. The number of β-amino-alcohol motifs (C(OH)–C–C–N with tert-alkyl or cyclic N) is 1. The fourth-order valence-electron chi connectivity index (χ4n) is 3.83. The van der Waals surface area contributed by atoms with Gasteiger partial charge in [-0.1, -0.05) is 12.1 Å². The quantitative estimate of drug-likeness (QED) is 0.500. The lowest BCUT2D eigenvalue weighted by atomic mass is 10.1. The van der Waals surface area contributed by atoms with E-state index in [1.807, 2.05) is 0 Å². The Kier molecular flexibility index (Phi) is 5.39. The second kappa shape index (κ2) is 8.51. The Morgan fingerprint density at radius 2 is 1.85 bits per heavy atom. The Morgan fingerprint density at radius 1 is 1.00 bits per heavy atom. The van der Waals surface area contributed by atoms with Crippen LogP contribution in [0.1, 0.15) is 10.4 Å². The zero-order valence-corrected chi connectivity index (χ0v) is 17.3. The van der Waals surface area contributed by atoms with E-state index in [0.29, 0.717) is 40.2 Å². The number of pyridine rings is 1. The summed E-state index contributed by atoms with van der Waals surface area (Å²) in [6.07, 6.45) is 2.18. The topological polar surface area (TPSA) is 91.2 Å². The first-order valence-corrected chi connectivity index (χ1v) is 10.3. The molecule has 2 aromatic heterocycles. The normalized spacial score (nSPS) is 18.0. The van der Waals surface area contributed by atoms with Gasteiger partial charge >= 0.3 is 0 Å². The van der Waals surface area contributed by atoms with E-state index in [1.165, 1.54) is 30.5 Å². The lowest BCUT2D eigenvalue weighted by Gasteiger charge is -2.17. The summed E-state index contributed by atoms with van der Waals surface area (Å²) in [4.78, 5) is 27.4. The number of carbonyl (C=O) groups excluding carboxylic acids is 1. The van der Waals surface area contributed by atoms with E-state index in [2.05, 4.69) is 20.3 Å². The molecule has 3 heterocycles. The van der Waals surface area contributed by atoms with E-state index in [4.69, 9.17) is 0 Å². The second-order valence-electron chi connectivity index (χ2n) is 7.87. The number of aromatic nitrogens is 3. The molecule has 9 heteroatoms. The average molecular weight is 447 g/mol. The summed E-state index contributed by atoms with van der Waals surface area (Å²) < 4.78 is 27.0. The van der Waals surface area contributed by atoms with E-state index < -0.39 is 18.0 Å². The Morgan fingerprint density at radius 3 is 2.64 bits per heavy atom. The molecule has 166 valence electrons. The van der Waals surface area contributed by atoms with Crippen LogP contribution in [0.25, 0.3) is 22.2 Å². The summed E-state index contributed by atoms with van der Waals surface area (Å²) in [5.74, 6) is -0.794. The number of halogens is 2. The number of amides is 1. The van der Waals surface area contributed by atoms with Gasteiger partial charge < -0.3 is 15.3 Å². The highest BCUT2D eigenvalue weighted by Gasteiger charge is 2.34. The number of fused-ring (bicyclic) bond motifs is 1. The molecule has 0 unspecified atom stereocenters. The molecule has 1 fully saturated rings. The molecule has 0 radical (unpaired) electrons. The highest BCUT2D eigenvalue weighted by Crippen LogP contribution is 2.21. The number of aliphatic hydroxyl groups is 1. The maximum Gasteiger partial charge on any atom is 0.253 e. The summed E-state index contributed by atoms with van der Waals surface area (Å²) in [7, 11) is 0. The molecule has 2 atom stereocenters. The summed E-state index contributed by atoms with van der Waals surface area (Å²) in [6.45, 7) is 0.519. The van der Waals surface area contributed by atoms with Gasteiger partial charge in [-0.2, -0.15) is 0 Å². The van der Waals surface area contributed by atoms with Crippen LogP contribution in [-0.4, -0.2) is 51.2 Å². The van der Waals surface area contributed by atoms with Crippen LogP contribution in [-0.2, 0) is 0 Å². The minimum atomic E-state index is -0.833. The number of aliphatic hydroxyl groups excluding tert-OH is 1. The van der Waals surface area contributed by atoms with Gasteiger partial charge in [0.25, 0.3) is 5.91 Å². The zero-order valence-electron chi connectivity index (χ0n) is 17.3. The molecular formula is C24H19F2N5O2. The van der Waals surface area contributed by atoms with Gasteiger partial charge in [-0.15, -0.1) is 0 Å². The molecule has 2 aromatic carbocycles.